The molecule has 0 unspecified atom stereocenters. The molecule has 0 saturated heterocycles. The van der Waals surface area contributed by atoms with E-state index in [1.54, 1.807) is 18.3 Å². The van der Waals surface area contributed by atoms with Crippen molar-refractivity contribution >= 4 is 21.6 Å². The van der Waals surface area contributed by atoms with Gasteiger partial charge in [0.15, 0.2) is 0 Å². The lowest BCUT2D eigenvalue weighted by Gasteiger charge is -2.06. The van der Waals surface area contributed by atoms with Crippen LogP contribution in [0.2, 0.25) is 0 Å². The number of hydrogen-bond acceptors (Lipinski definition) is 6. The van der Waals surface area contributed by atoms with Crippen molar-refractivity contribution in [3.05, 3.63) is 36.2 Å². The fourth-order valence-electron chi connectivity index (χ4n) is 1.20. The Morgan fingerprint density at radius 2 is 2.05 bits per heavy atom. The highest BCUT2D eigenvalue weighted by Crippen LogP contribution is 2.25. The van der Waals surface area contributed by atoms with Gasteiger partial charge < -0.3 is 0 Å². The minimum Gasteiger partial charge on any atom is -0.276 e. The van der Waals surface area contributed by atoms with E-state index in [-0.39, 0.29) is 5.56 Å². The number of alkyl halides is 3. The van der Waals surface area contributed by atoms with Gasteiger partial charge in [-0.25, -0.2) is 9.31 Å². The minimum atomic E-state index is -6.00. The van der Waals surface area contributed by atoms with Gasteiger partial charge in [-0.05, 0) is 22.5 Å². The Hall–Kier alpha value is -2.14. The lowest BCUT2D eigenvalue weighted by Crippen LogP contribution is -2.26. The first-order valence-electron chi connectivity index (χ1n) is 4.86. The summed E-state index contributed by atoms with van der Waals surface area (Å²) in [4.78, 5) is 15.0. The lowest BCUT2D eigenvalue weighted by molar-refractivity contribution is -0.163. The van der Waals surface area contributed by atoms with Crippen molar-refractivity contribution in [2.24, 2.45) is 0 Å². The highest BCUT2D eigenvalue weighted by molar-refractivity contribution is 7.87. The van der Waals surface area contributed by atoms with E-state index in [0.29, 0.717) is 5.52 Å². The summed E-state index contributed by atoms with van der Waals surface area (Å²) in [6.45, 7) is 0. The molecule has 11 heteroatoms. The summed E-state index contributed by atoms with van der Waals surface area (Å²) in [5, 5.41) is 3.74. The molecule has 0 amide bonds. The first-order valence-corrected chi connectivity index (χ1v) is 6.27. The second-order valence-corrected chi connectivity index (χ2v) is 4.97. The van der Waals surface area contributed by atoms with Crippen LogP contribution in [0.25, 0.3) is 5.52 Å². The number of hydrogen-bond donors (Lipinski definition) is 0. The maximum atomic E-state index is 11.9. The molecule has 7 nitrogen and oxygen atoms in total. The topological polar surface area (TPSA) is 87.0 Å². The highest BCUT2D eigenvalue weighted by Gasteiger charge is 2.49. The van der Waals surface area contributed by atoms with Crippen LogP contribution in [-0.4, -0.2) is 29.5 Å². The molecule has 0 saturated carbocycles. The van der Waals surface area contributed by atoms with Crippen molar-refractivity contribution in [2.45, 2.75) is 5.51 Å². The Kier molecular flexibility index (Phi) is 3.39. The molecule has 108 valence electrons. The van der Waals surface area contributed by atoms with Crippen molar-refractivity contribution in [1.82, 2.24) is 9.61 Å². The molecule has 0 spiro atoms. The van der Waals surface area contributed by atoms with Crippen LogP contribution < -0.4 is 0 Å². The van der Waals surface area contributed by atoms with Gasteiger partial charge in [0.05, 0.1) is 17.3 Å². The predicted molar refractivity (Wildman–Crippen MR) is 56.7 cm³/mol. The Morgan fingerprint density at radius 1 is 1.35 bits per heavy atom. The molecule has 0 aliphatic rings. The molecule has 0 bridgehead atoms. The van der Waals surface area contributed by atoms with Crippen LogP contribution in [-0.2, 0) is 19.3 Å². The molecule has 2 aromatic heterocycles. The Balaban J connectivity index is 2.13. The maximum Gasteiger partial charge on any atom is 0.526 e. The molecular weight excluding hydrogens is 305 g/mol. The van der Waals surface area contributed by atoms with E-state index in [2.05, 4.69) is 14.3 Å². The van der Waals surface area contributed by atoms with Gasteiger partial charge in [0.2, 0.25) is 0 Å². The second-order valence-electron chi connectivity index (χ2n) is 3.46. The third kappa shape index (κ3) is 2.72. The molecule has 0 radical (unpaired) electrons. The lowest BCUT2D eigenvalue weighted by atomic mass is 10.3. The molecule has 20 heavy (non-hydrogen) atoms. The van der Waals surface area contributed by atoms with Crippen LogP contribution in [0.3, 0.4) is 0 Å². The zero-order chi connectivity index (χ0) is 15.0. The minimum absolute atomic E-state index is 0.270. The van der Waals surface area contributed by atoms with E-state index in [1.165, 1.54) is 10.6 Å². The van der Waals surface area contributed by atoms with Crippen LogP contribution in [0.5, 0.6) is 0 Å². The second kappa shape index (κ2) is 4.76. The van der Waals surface area contributed by atoms with Gasteiger partial charge >= 0.3 is 21.6 Å². The molecule has 0 atom stereocenters. The molecule has 0 aliphatic carbocycles. The number of nitrogens with zero attached hydrogens (tertiary/aromatic N) is 2. The standard InChI is InChI=1S/C9H5F3N2O5S/c10-9(11,12)20(16,17)19-18-8(15)6-4-7-2-1-3-14(7)13-5-6/h1-5H. The number of fused-ring (bicyclic) bond motifs is 1. The predicted octanol–water partition coefficient (Wildman–Crippen LogP) is 1.27. The number of rotatable bonds is 3. The fraction of sp³-hybridized carbons (Fsp3) is 0.111. The molecule has 0 aliphatic heterocycles. The Morgan fingerprint density at radius 3 is 2.70 bits per heavy atom. The summed E-state index contributed by atoms with van der Waals surface area (Å²) in [5.41, 5.74) is -5.50. The van der Waals surface area contributed by atoms with Gasteiger partial charge in [0.1, 0.15) is 0 Å². The third-order valence-corrected chi connectivity index (χ3v) is 2.92. The summed E-state index contributed by atoms with van der Waals surface area (Å²) >= 11 is 0. The van der Waals surface area contributed by atoms with Crippen LogP contribution >= 0.6 is 0 Å². The van der Waals surface area contributed by atoms with Gasteiger partial charge in [0, 0.05) is 6.20 Å². The molecule has 0 aromatic carbocycles. The van der Waals surface area contributed by atoms with Crippen LogP contribution in [0, 0.1) is 0 Å². The largest absolute Gasteiger partial charge is 0.526 e. The Bertz CT molecular complexity index is 752. The summed E-state index contributed by atoms with van der Waals surface area (Å²) < 4.78 is 61.4. The summed E-state index contributed by atoms with van der Waals surface area (Å²) in [7, 11) is -6.00. The zero-order valence-corrected chi connectivity index (χ0v) is 10.2. The fourth-order valence-corrected chi connectivity index (χ4v) is 1.43. The normalized spacial score (nSPS) is 12.6. The Labute approximate surface area is 109 Å². The van der Waals surface area contributed by atoms with E-state index in [1.807, 2.05) is 0 Å². The van der Waals surface area contributed by atoms with Crippen molar-refractivity contribution in [3.8, 4) is 0 Å². The quantitative estimate of drug-likeness (QED) is 0.482. The van der Waals surface area contributed by atoms with Gasteiger partial charge in [0.25, 0.3) is 0 Å². The van der Waals surface area contributed by atoms with Crippen molar-refractivity contribution in [1.29, 1.82) is 0 Å². The summed E-state index contributed by atoms with van der Waals surface area (Å²) in [5.74, 6) is -1.42. The molecule has 2 heterocycles. The van der Waals surface area contributed by atoms with E-state index in [0.717, 1.165) is 6.20 Å². The van der Waals surface area contributed by atoms with Crippen molar-refractivity contribution in [3.63, 3.8) is 0 Å². The summed E-state index contributed by atoms with van der Waals surface area (Å²) in [6.07, 6.45) is 2.55. The molecule has 2 aromatic rings. The van der Waals surface area contributed by atoms with Gasteiger partial charge in [-0.15, -0.1) is 0 Å². The summed E-state index contributed by atoms with van der Waals surface area (Å²) in [6, 6.07) is 4.41. The monoisotopic (exact) mass is 310 g/mol. The van der Waals surface area contributed by atoms with Crippen molar-refractivity contribution in [2.75, 3.05) is 0 Å². The van der Waals surface area contributed by atoms with Crippen molar-refractivity contribution < 1.29 is 35.6 Å². The molecular formula is C9H5F3N2O5S. The molecule has 0 N–H and O–H groups in total. The van der Waals surface area contributed by atoms with Crippen LogP contribution in [0.4, 0.5) is 13.2 Å². The number of carbonyl (C=O) groups excluding carboxylic acids is 1. The zero-order valence-electron chi connectivity index (χ0n) is 9.36. The number of aromatic nitrogens is 2. The third-order valence-electron chi connectivity index (χ3n) is 2.10. The van der Waals surface area contributed by atoms with E-state index in [4.69, 9.17) is 0 Å². The number of carbonyl (C=O) groups is 1. The van der Waals surface area contributed by atoms with Crippen LogP contribution in [0.1, 0.15) is 10.4 Å². The van der Waals surface area contributed by atoms with E-state index in [9.17, 15) is 26.4 Å². The molecule has 0 fully saturated rings. The van der Waals surface area contributed by atoms with Gasteiger partial charge in [-0.1, -0.05) is 0 Å². The van der Waals surface area contributed by atoms with Crippen LogP contribution in [0.15, 0.2) is 30.6 Å². The SMILES string of the molecule is O=C(OOS(=O)(=O)C(F)(F)F)c1cnn2cccc2c1. The van der Waals surface area contributed by atoms with Gasteiger partial charge in [-0.3, -0.25) is 4.89 Å². The average molecular weight is 310 g/mol. The van der Waals surface area contributed by atoms with E-state index < -0.39 is 21.6 Å². The smallest absolute Gasteiger partial charge is 0.276 e. The molecule has 2 rings (SSSR count). The first-order chi connectivity index (χ1) is 9.21. The van der Waals surface area contributed by atoms with E-state index >= 15 is 0 Å². The maximum absolute atomic E-state index is 11.9. The first kappa shape index (κ1) is 14.3. The average Bonchev–Trinajstić information content (AvgIpc) is 2.81. The number of halogens is 3. The highest BCUT2D eigenvalue weighted by atomic mass is 32.2. The van der Waals surface area contributed by atoms with Gasteiger partial charge in [-0.2, -0.15) is 26.7 Å².